The molecular formula is C24H19NO2. The van der Waals surface area contributed by atoms with E-state index in [1.165, 1.54) is 0 Å². The first-order valence-corrected chi connectivity index (χ1v) is 8.98. The van der Waals surface area contributed by atoms with Crippen LogP contribution in [0.3, 0.4) is 0 Å². The third-order valence-electron chi connectivity index (χ3n) is 4.82. The molecule has 0 bridgehead atoms. The second-order valence-corrected chi connectivity index (χ2v) is 6.57. The number of rotatable bonds is 4. The van der Waals surface area contributed by atoms with Gasteiger partial charge in [0.05, 0.1) is 5.70 Å². The van der Waals surface area contributed by atoms with Gasteiger partial charge in [-0.25, -0.2) is 0 Å². The van der Waals surface area contributed by atoms with Crippen LogP contribution in [0.15, 0.2) is 96.6 Å². The Morgan fingerprint density at radius 3 is 1.96 bits per heavy atom. The van der Waals surface area contributed by atoms with E-state index in [1.807, 2.05) is 91.0 Å². The zero-order valence-electron chi connectivity index (χ0n) is 14.8. The first kappa shape index (κ1) is 17.0. The van der Waals surface area contributed by atoms with Crippen LogP contribution in [0.25, 0.3) is 5.70 Å². The summed E-state index contributed by atoms with van der Waals surface area (Å²) in [6, 6.07) is 28.6. The third kappa shape index (κ3) is 3.44. The molecule has 1 aliphatic heterocycles. The molecule has 1 aliphatic rings. The van der Waals surface area contributed by atoms with E-state index >= 15 is 0 Å². The minimum absolute atomic E-state index is 0.0525. The molecule has 0 saturated heterocycles. The maximum atomic E-state index is 13.5. The van der Waals surface area contributed by atoms with E-state index in [9.17, 15) is 9.59 Å². The maximum Gasteiger partial charge on any atom is 0.225 e. The second-order valence-electron chi connectivity index (χ2n) is 6.57. The first-order valence-electron chi connectivity index (χ1n) is 8.98. The molecule has 1 unspecified atom stereocenters. The topological polar surface area (TPSA) is 46.2 Å². The number of carbonyl (C=O) groups is 2. The van der Waals surface area contributed by atoms with E-state index in [-0.39, 0.29) is 24.0 Å². The highest BCUT2D eigenvalue weighted by atomic mass is 16.2. The summed E-state index contributed by atoms with van der Waals surface area (Å²) < 4.78 is 0. The van der Waals surface area contributed by atoms with Crippen molar-refractivity contribution >= 4 is 17.4 Å². The fraction of sp³-hybridized carbons (Fsp3) is 0.0833. The van der Waals surface area contributed by atoms with Crippen LogP contribution < -0.4 is 5.32 Å². The third-order valence-corrected chi connectivity index (χ3v) is 4.82. The summed E-state index contributed by atoms with van der Waals surface area (Å²) in [5, 5.41) is 2.95. The first-order chi connectivity index (χ1) is 13.2. The van der Waals surface area contributed by atoms with Crippen molar-refractivity contribution in [3.8, 4) is 0 Å². The summed E-state index contributed by atoms with van der Waals surface area (Å²) in [5.74, 6) is -0.404. The molecular weight excluding hydrogens is 334 g/mol. The van der Waals surface area contributed by atoms with E-state index in [0.717, 1.165) is 11.1 Å². The van der Waals surface area contributed by atoms with Crippen molar-refractivity contribution in [1.29, 1.82) is 0 Å². The summed E-state index contributed by atoms with van der Waals surface area (Å²) in [6.07, 6.45) is 0.258. The SMILES string of the molecule is O=C1CC(c2ccccc2)C(C(=O)c2ccccc2)=C(c2ccccc2)N1. The molecule has 27 heavy (non-hydrogen) atoms. The molecule has 0 aromatic heterocycles. The molecule has 1 heterocycles. The zero-order chi connectivity index (χ0) is 18.6. The Hall–Kier alpha value is -3.46. The summed E-state index contributed by atoms with van der Waals surface area (Å²) in [6.45, 7) is 0. The van der Waals surface area contributed by atoms with Crippen LogP contribution in [-0.4, -0.2) is 11.7 Å². The molecule has 3 heteroatoms. The van der Waals surface area contributed by atoms with E-state index < -0.39 is 0 Å². The molecule has 1 N–H and O–H groups in total. The second kappa shape index (κ2) is 7.42. The van der Waals surface area contributed by atoms with Gasteiger partial charge in [-0.15, -0.1) is 0 Å². The largest absolute Gasteiger partial charge is 0.325 e. The lowest BCUT2D eigenvalue weighted by Gasteiger charge is -2.29. The number of hydrogen-bond acceptors (Lipinski definition) is 2. The standard InChI is InChI=1S/C24H19NO2/c26-21-16-20(17-10-4-1-5-11-17)22(24(27)19-14-8-3-9-15-19)23(25-21)18-12-6-2-7-13-18/h1-15,20H,16H2,(H,25,26). The van der Waals surface area contributed by atoms with Crippen LogP contribution in [-0.2, 0) is 4.79 Å². The molecule has 0 saturated carbocycles. The Bertz CT molecular complexity index is 992. The van der Waals surface area contributed by atoms with Gasteiger partial charge in [-0.3, -0.25) is 9.59 Å². The molecule has 0 radical (unpaired) electrons. The molecule has 0 spiro atoms. The van der Waals surface area contributed by atoms with Crippen LogP contribution in [0, 0.1) is 0 Å². The van der Waals surface area contributed by atoms with Crippen LogP contribution in [0.4, 0.5) is 0 Å². The fourth-order valence-corrected chi connectivity index (χ4v) is 3.54. The molecule has 3 aromatic rings. The number of Topliss-reactive ketones (excluding diaryl/α,β-unsaturated/α-hetero) is 1. The minimum atomic E-state index is -0.275. The van der Waals surface area contributed by atoms with Crippen LogP contribution in [0.5, 0.6) is 0 Å². The Balaban J connectivity index is 1.93. The molecule has 0 fully saturated rings. The highest BCUT2D eigenvalue weighted by Gasteiger charge is 2.34. The van der Waals surface area contributed by atoms with Crippen molar-refractivity contribution in [3.05, 3.63) is 113 Å². The Labute approximate surface area is 158 Å². The average molecular weight is 353 g/mol. The van der Waals surface area contributed by atoms with E-state index in [2.05, 4.69) is 5.32 Å². The predicted molar refractivity (Wildman–Crippen MR) is 106 cm³/mol. The van der Waals surface area contributed by atoms with Crippen molar-refractivity contribution in [2.24, 2.45) is 0 Å². The van der Waals surface area contributed by atoms with Crippen molar-refractivity contribution in [2.75, 3.05) is 0 Å². The van der Waals surface area contributed by atoms with Gasteiger partial charge in [0, 0.05) is 23.5 Å². The molecule has 3 aromatic carbocycles. The summed E-state index contributed by atoms with van der Waals surface area (Å²) >= 11 is 0. The molecule has 3 nitrogen and oxygen atoms in total. The predicted octanol–water partition coefficient (Wildman–Crippen LogP) is 4.58. The molecule has 0 aliphatic carbocycles. The average Bonchev–Trinajstić information content (AvgIpc) is 2.74. The zero-order valence-corrected chi connectivity index (χ0v) is 14.8. The maximum absolute atomic E-state index is 13.5. The minimum Gasteiger partial charge on any atom is -0.325 e. The van der Waals surface area contributed by atoms with Gasteiger partial charge in [-0.1, -0.05) is 91.0 Å². The normalized spacial score (nSPS) is 16.7. The van der Waals surface area contributed by atoms with Gasteiger partial charge in [0.1, 0.15) is 0 Å². The molecule has 1 amide bonds. The number of benzene rings is 3. The number of allylic oxidation sites excluding steroid dienone is 1. The summed E-state index contributed by atoms with van der Waals surface area (Å²) in [7, 11) is 0. The van der Waals surface area contributed by atoms with Crippen molar-refractivity contribution < 1.29 is 9.59 Å². The Kier molecular flexibility index (Phi) is 4.67. The van der Waals surface area contributed by atoms with Gasteiger partial charge in [0.25, 0.3) is 0 Å². The van der Waals surface area contributed by atoms with Gasteiger partial charge >= 0.3 is 0 Å². The fourth-order valence-electron chi connectivity index (χ4n) is 3.54. The number of amides is 1. The van der Waals surface area contributed by atoms with E-state index in [4.69, 9.17) is 0 Å². The lowest BCUT2D eigenvalue weighted by molar-refractivity contribution is -0.120. The summed E-state index contributed by atoms with van der Waals surface area (Å²) in [5.41, 5.74) is 3.68. The smallest absolute Gasteiger partial charge is 0.225 e. The Morgan fingerprint density at radius 2 is 1.33 bits per heavy atom. The van der Waals surface area contributed by atoms with Gasteiger partial charge in [-0.05, 0) is 11.1 Å². The van der Waals surface area contributed by atoms with Crippen LogP contribution in [0.1, 0.15) is 33.8 Å². The highest BCUT2D eigenvalue weighted by molar-refractivity contribution is 6.16. The highest BCUT2D eigenvalue weighted by Crippen LogP contribution is 2.37. The molecule has 4 rings (SSSR count). The van der Waals surface area contributed by atoms with Gasteiger partial charge in [0.15, 0.2) is 5.78 Å². The van der Waals surface area contributed by atoms with Crippen LogP contribution >= 0.6 is 0 Å². The number of hydrogen-bond donors (Lipinski definition) is 1. The number of nitrogens with one attached hydrogen (secondary N) is 1. The summed E-state index contributed by atoms with van der Waals surface area (Å²) in [4.78, 5) is 25.9. The van der Waals surface area contributed by atoms with Gasteiger partial charge in [-0.2, -0.15) is 0 Å². The molecule has 1 atom stereocenters. The van der Waals surface area contributed by atoms with Gasteiger partial charge < -0.3 is 5.32 Å². The quantitative estimate of drug-likeness (QED) is 0.698. The van der Waals surface area contributed by atoms with Crippen molar-refractivity contribution in [2.45, 2.75) is 12.3 Å². The molecule has 132 valence electrons. The van der Waals surface area contributed by atoms with Crippen LogP contribution in [0.2, 0.25) is 0 Å². The number of carbonyl (C=O) groups excluding carboxylic acids is 2. The Morgan fingerprint density at radius 1 is 0.778 bits per heavy atom. The monoisotopic (exact) mass is 353 g/mol. The lowest BCUT2D eigenvalue weighted by Crippen LogP contribution is -2.34. The van der Waals surface area contributed by atoms with Crippen molar-refractivity contribution in [3.63, 3.8) is 0 Å². The number of ketones is 1. The van der Waals surface area contributed by atoms with E-state index in [0.29, 0.717) is 16.8 Å². The lowest BCUT2D eigenvalue weighted by atomic mass is 9.79. The van der Waals surface area contributed by atoms with Crippen molar-refractivity contribution in [1.82, 2.24) is 5.32 Å². The van der Waals surface area contributed by atoms with Gasteiger partial charge in [0.2, 0.25) is 5.91 Å². The van der Waals surface area contributed by atoms with E-state index in [1.54, 1.807) is 0 Å².